The second-order valence-electron chi connectivity index (χ2n) is 12.5. The molecular weight excluding hydrogens is 583 g/mol. The van der Waals surface area contributed by atoms with Gasteiger partial charge in [0.05, 0.1) is 12.1 Å². The number of nitrogens with one attached hydrogen (secondary N) is 1. The number of benzene rings is 1. The second kappa shape index (κ2) is 11.8. The van der Waals surface area contributed by atoms with E-state index in [1.54, 1.807) is 37.8 Å². The van der Waals surface area contributed by atoms with Crippen LogP contribution in [-0.2, 0) is 22.1 Å². The lowest BCUT2D eigenvalue weighted by Crippen LogP contribution is -2.55. The van der Waals surface area contributed by atoms with Gasteiger partial charge >= 0.3 is 18.2 Å². The van der Waals surface area contributed by atoms with E-state index in [1.165, 1.54) is 4.90 Å². The number of carbonyl (C=O) groups excluding carboxylic acids is 2. The zero-order chi connectivity index (χ0) is 31.9. The fourth-order valence-corrected chi connectivity index (χ4v) is 5.89. The average molecular weight is 620 g/mol. The third-order valence-corrected chi connectivity index (χ3v) is 8.05. The number of hydrogen-bond acceptors (Lipinski definition) is 8. The van der Waals surface area contributed by atoms with Gasteiger partial charge in [0.25, 0.3) is 5.91 Å². The van der Waals surface area contributed by atoms with Gasteiger partial charge in [-0.05, 0) is 63.8 Å². The molecule has 3 heterocycles. The molecule has 0 bridgehead atoms. The van der Waals surface area contributed by atoms with Crippen molar-refractivity contribution in [3.8, 4) is 5.75 Å². The molecule has 1 aromatic heterocycles. The van der Waals surface area contributed by atoms with Crippen LogP contribution in [0, 0.1) is 0 Å². The number of anilines is 2. The first-order chi connectivity index (χ1) is 20.6. The zero-order valence-corrected chi connectivity index (χ0v) is 24.9. The maximum absolute atomic E-state index is 14.2. The number of alkyl halides is 3. The number of carboxylic acid groups (broad SMARTS) is 1. The third-order valence-electron chi connectivity index (χ3n) is 8.05. The van der Waals surface area contributed by atoms with Crippen LogP contribution in [0.2, 0.25) is 0 Å². The van der Waals surface area contributed by atoms with Crippen molar-refractivity contribution in [2.75, 3.05) is 24.5 Å². The first-order valence-corrected chi connectivity index (χ1v) is 14.7. The number of aromatic nitrogens is 2. The highest BCUT2D eigenvalue weighted by molar-refractivity contribution is 5.98. The highest BCUT2D eigenvalue weighted by Crippen LogP contribution is 2.38. The Labute approximate surface area is 252 Å². The lowest BCUT2D eigenvalue weighted by atomic mass is 9.81. The molecule has 1 aromatic carbocycles. The first-order valence-electron chi connectivity index (χ1n) is 14.7. The van der Waals surface area contributed by atoms with Gasteiger partial charge < -0.3 is 29.7 Å². The van der Waals surface area contributed by atoms with Gasteiger partial charge in [-0.3, -0.25) is 4.79 Å². The smallest absolute Gasteiger partial charge is 0.434 e. The first kappa shape index (κ1) is 31.3. The number of carboxylic acids is 1. The largest absolute Gasteiger partial charge is 0.489 e. The van der Waals surface area contributed by atoms with Crippen molar-refractivity contribution in [2.24, 2.45) is 0 Å². The summed E-state index contributed by atoms with van der Waals surface area (Å²) in [6.07, 6.45) is -1.54. The molecule has 2 fully saturated rings. The summed E-state index contributed by atoms with van der Waals surface area (Å²) in [6, 6.07) is 5.23. The molecular formula is C30H36F3N5O6. The molecule has 3 aliphatic rings. The molecule has 44 heavy (non-hydrogen) atoms. The summed E-state index contributed by atoms with van der Waals surface area (Å²) in [5, 5.41) is 12.1. The van der Waals surface area contributed by atoms with Crippen molar-refractivity contribution in [3.63, 3.8) is 0 Å². The van der Waals surface area contributed by atoms with Crippen LogP contribution in [0.5, 0.6) is 5.75 Å². The predicted octanol–water partition coefficient (Wildman–Crippen LogP) is 5.10. The summed E-state index contributed by atoms with van der Waals surface area (Å²) in [5.74, 6) is -2.10. The van der Waals surface area contributed by atoms with Crippen LogP contribution < -0.4 is 15.0 Å². The highest BCUT2D eigenvalue weighted by Gasteiger charge is 2.44. The third kappa shape index (κ3) is 6.68. The molecule has 1 saturated heterocycles. The van der Waals surface area contributed by atoms with E-state index in [0.717, 1.165) is 18.2 Å². The molecule has 11 nitrogen and oxygen atoms in total. The molecule has 238 valence electrons. The van der Waals surface area contributed by atoms with Crippen LogP contribution in [0.3, 0.4) is 0 Å². The average Bonchev–Trinajstić information content (AvgIpc) is 3.59. The molecule has 2 amide bonds. The molecule has 1 aliphatic carbocycles. The van der Waals surface area contributed by atoms with Crippen molar-refractivity contribution in [3.05, 3.63) is 41.2 Å². The van der Waals surface area contributed by atoms with Crippen LogP contribution >= 0.6 is 0 Å². The Bertz CT molecular complexity index is 1440. The Morgan fingerprint density at radius 2 is 1.82 bits per heavy atom. The van der Waals surface area contributed by atoms with E-state index < -0.39 is 46.5 Å². The van der Waals surface area contributed by atoms with Gasteiger partial charge in [-0.25, -0.2) is 19.6 Å². The lowest BCUT2D eigenvalue weighted by molar-refractivity contribution is -0.145. The number of aliphatic carboxylic acids is 1. The zero-order valence-electron chi connectivity index (χ0n) is 24.9. The van der Waals surface area contributed by atoms with Crippen LogP contribution in [-0.4, -0.2) is 74.8 Å². The Balaban J connectivity index is 1.31. The molecule has 2 aliphatic heterocycles. The number of rotatable bonds is 6. The molecule has 0 radical (unpaired) electrons. The molecule has 2 N–H and O–H groups in total. The minimum absolute atomic E-state index is 0.132. The van der Waals surface area contributed by atoms with Crippen molar-refractivity contribution < 1.29 is 42.1 Å². The van der Waals surface area contributed by atoms with Gasteiger partial charge in [0.15, 0.2) is 5.69 Å². The van der Waals surface area contributed by atoms with E-state index in [1.807, 2.05) is 6.07 Å². The van der Waals surface area contributed by atoms with Crippen LogP contribution in [0.4, 0.5) is 29.6 Å². The number of amides is 2. The Morgan fingerprint density at radius 1 is 1.09 bits per heavy atom. The number of halogens is 3. The van der Waals surface area contributed by atoms with Crippen molar-refractivity contribution in [1.82, 2.24) is 20.2 Å². The maximum atomic E-state index is 14.2. The van der Waals surface area contributed by atoms with Crippen LogP contribution in [0.15, 0.2) is 24.4 Å². The lowest BCUT2D eigenvalue weighted by Gasteiger charge is -2.34. The van der Waals surface area contributed by atoms with E-state index in [0.29, 0.717) is 56.8 Å². The van der Waals surface area contributed by atoms with E-state index >= 15 is 0 Å². The van der Waals surface area contributed by atoms with E-state index in [9.17, 15) is 32.7 Å². The summed E-state index contributed by atoms with van der Waals surface area (Å²) in [7, 11) is 0. The molecule has 1 unspecified atom stereocenters. The van der Waals surface area contributed by atoms with Crippen molar-refractivity contribution >= 4 is 29.6 Å². The van der Waals surface area contributed by atoms with E-state index in [4.69, 9.17) is 9.47 Å². The summed E-state index contributed by atoms with van der Waals surface area (Å²) in [6.45, 7) is 6.59. The van der Waals surface area contributed by atoms with Crippen LogP contribution in [0.25, 0.3) is 0 Å². The number of carbonyl (C=O) groups is 3. The van der Waals surface area contributed by atoms with Crippen molar-refractivity contribution in [2.45, 2.75) is 89.1 Å². The van der Waals surface area contributed by atoms with Gasteiger partial charge in [0, 0.05) is 31.4 Å². The van der Waals surface area contributed by atoms with E-state index in [-0.39, 0.29) is 24.9 Å². The number of hydrogen-bond donors (Lipinski definition) is 2. The standard InChI is InChI=1S/C30H36F3N5O6/c1-28(2,3)44-27(42)37-13-10-20(17-37)43-19-7-8-22-18(15-19)9-14-38(22)26-34-16-21(23(35-26)30(31,32)33)24(39)36-29(25(40)41)11-5-4-6-12-29/h7-8,15-16,20H,4-6,9-14,17H2,1-3H3,(H,36,39)(H,40,41). The summed E-state index contributed by atoms with van der Waals surface area (Å²) in [4.78, 5) is 48.4. The fraction of sp³-hybridized carbons (Fsp3) is 0.567. The predicted molar refractivity (Wildman–Crippen MR) is 152 cm³/mol. The maximum Gasteiger partial charge on any atom is 0.434 e. The van der Waals surface area contributed by atoms with Gasteiger partial charge in [-0.1, -0.05) is 19.3 Å². The summed E-state index contributed by atoms with van der Waals surface area (Å²) >= 11 is 0. The Hall–Kier alpha value is -4.10. The van der Waals surface area contributed by atoms with Gasteiger partial charge in [-0.15, -0.1) is 0 Å². The van der Waals surface area contributed by atoms with Gasteiger partial charge in [0.2, 0.25) is 5.95 Å². The molecule has 1 atom stereocenters. The second-order valence-corrected chi connectivity index (χ2v) is 12.5. The number of nitrogens with zero attached hydrogens (tertiary/aromatic N) is 4. The van der Waals surface area contributed by atoms with E-state index in [2.05, 4.69) is 15.3 Å². The number of likely N-dealkylation sites (tertiary alicyclic amines) is 1. The monoisotopic (exact) mass is 619 g/mol. The molecule has 2 aromatic rings. The van der Waals surface area contributed by atoms with Crippen molar-refractivity contribution in [1.29, 1.82) is 0 Å². The van der Waals surface area contributed by atoms with Crippen LogP contribution in [0.1, 0.15) is 80.9 Å². The number of fused-ring (bicyclic) bond motifs is 1. The molecule has 0 spiro atoms. The SMILES string of the molecule is CC(C)(C)OC(=O)N1CCC(Oc2ccc3c(c2)CCN3c2ncc(C(=O)NC3(C(=O)O)CCCCC3)c(C(F)(F)F)n2)C1. The summed E-state index contributed by atoms with van der Waals surface area (Å²) in [5.41, 5.74) is -3.05. The molecule has 1 saturated carbocycles. The van der Waals surface area contributed by atoms with Gasteiger partial charge in [-0.2, -0.15) is 13.2 Å². The Kier molecular flexibility index (Phi) is 8.38. The van der Waals surface area contributed by atoms with Gasteiger partial charge in [0.1, 0.15) is 23.0 Å². The minimum Gasteiger partial charge on any atom is -0.489 e. The topological polar surface area (TPSA) is 134 Å². The fourth-order valence-electron chi connectivity index (χ4n) is 5.89. The number of ether oxygens (including phenoxy) is 2. The Morgan fingerprint density at radius 3 is 2.48 bits per heavy atom. The normalized spacial score (nSPS) is 19.8. The summed E-state index contributed by atoms with van der Waals surface area (Å²) < 4.78 is 54.0. The highest BCUT2D eigenvalue weighted by atomic mass is 19.4. The quantitative estimate of drug-likeness (QED) is 0.453. The molecule has 5 rings (SSSR count). The molecule has 14 heteroatoms. The minimum atomic E-state index is -4.98.